The summed E-state index contributed by atoms with van der Waals surface area (Å²) in [6.45, 7) is 6.89. The summed E-state index contributed by atoms with van der Waals surface area (Å²) >= 11 is 1.85. The molecule has 0 spiro atoms. The summed E-state index contributed by atoms with van der Waals surface area (Å²) in [5.41, 5.74) is 0.924. The third-order valence-electron chi connectivity index (χ3n) is 5.17. The normalized spacial score (nSPS) is 15.4. The number of hydrogen-bond acceptors (Lipinski definition) is 5. The van der Waals surface area contributed by atoms with Crippen LogP contribution in [0.15, 0.2) is 40.7 Å². The Morgan fingerprint density at radius 1 is 1.23 bits per heavy atom. The van der Waals surface area contributed by atoms with E-state index in [0.717, 1.165) is 49.3 Å². The molecule has 1 saturated heterocycles. The molecule has 1 fully saturated rings. The van der Waals surface area contributed by atoms with Crippen LogP contribution < -0.4 is 20.1 Å². The lowest BCUT2D eigenvalue weighted by molar-refractivity contribution is 0.179. The number of anilines is 1. The average Bonchev–Trinajstić information content (AvgIpc) is 3.25. The fraction of sp³-hybridized carbons (Fsp3) is 0.500. The van der Waals surface area contributed by atoms with Crippen molar-refractivity contribution in [2.45, 2.75) is 26.3 Å². The summed E-state index contributed by atoms with van der Waals surface area (Å²) in [5.74, 6) is 2.91. The number of halogens is 1. The summed E-state index contributed by atoms with van der Waals surface area (Å²) in [4.78, 5) is 8.38. The molecule has 30 heavy (non-hydrogen) atoms. The summed E-state index contributed by atoms with van der Waals surface area (Å²) in [6.07, 6.45) is 2.43. The molecule has 1 aliphatic heterocycles. The average molecular weight is 545 g/mol. The van der Waals surface area contributed by atoms with Crippen LogP contribution in [-0.2, 0) is 6.54 Å². The molecule has 8 heteroatoms. The van der Waals surface area contributed by atoms with E-state index in [1.54, 1.807) is 14.2 Å². The van der Waals surface area contributed by atoms with Gasteiger partial charge in [0.25, 0.3) is 0 Å². The van der Waals surface area contributed by atoms with Gasteiger partial charge in [-0.05, 0) is 62.4 Å². The summed E-state index contributed by atoms with van der Waals surface area (Å²) < 4.78 is 11.0. The predicted octanol–water partition coefficient (Wildman–Crippen LogP) is 4.67. The molecule has 0 atom stereocenters. The largest absolute Gasteiger partial charge is 0.493 e. The number of aliphatic imine (C=N–C) groups is 1. The molecule has 0 aliphatic carbocycles. The molecule has 0 bridgehead atoms. The van der Waals surface area contributed by atoms with Gasteiger partial charge in [0.2, 0.25) is 0 Å². The van der Waals surface area contributed by atoms with Crippen LogP contribution in [0, 0.1) is 5.92 Å². The fourth-order valence-corrected chi connectivity index (χ4v) is 4.30. The SMILES string of the molecule is CCOc1cc(NC(=NC)NCC2CCN(Cc3cccs3)CC2)ccc1OC.I. The van der Waals surface area contributed by atoms with Crippen molar-refractivity contribution in [3.05, 3.63) is 40.6 Å². The Morgan fingerprint density at radius 2 is 2.03 bits per heavy atom. The minimum absolute atomic E-state index is 0. The zero-order valence-corrected chi connectivity index (χ0v) is 21.2. The Morgan fingerprint density at radius 3 is 2.67 bits per heavy atom. The number of thiophene rings is 1. The maximum absolute atomic E-state index is 5.66. The second-order valence-electron chi connectivity index (χ2n) is 7.18. The number of guanidine groups is 1. The van der Waals surface area contributed by atoms with Crippen molar-refractivity contribution in [3.63, 3.8) is 0 Å². The van der Waals surface area contributed by atoms with Gasteiger partial charge < -0.3 is 20.1 Å². The standard InChI is InChI=1S/C22H32N4O2S.HI/c1-4-28-21-14-18(7-8-20(21)27-3)25-22(23-2)24-15-17-9-11-26(12-10-17)16-19-6-5-13-29-19;/h5-8,13-14,17H,4,9-12,15-16H2,1-3H3,(H2,23,24,25);1H. The van der Waals surface area contributed by atoms with E-state index in [1.165, 1.54) is 17.7 Å². The second-order valence-corrected chi connectivity index (χ2v) is 8.21. The van der Waals surface area contributed by atoms with Crippen molar-refractivity contribution in [1.29, 1.82) is 0 Å². The number of methoxy groups -OCH3 is 1. The molecular formula is C22H33IN4O2S. The molecular weight excluding hydrogens is 511 g/mol. The third-order valence-corrected chi connectivity index (χ3v) is 6.04. The molecule has 166 valence electrons. The minimum atomic E-state index is 0. The smallest absolute Gasteiger partial charge is 0.195 e. The first-order chi connectivity index (χ1) is 14.2. The Kier molecular flexibility index (Phi) is 10.7. The number of nitrogens with one attached hydrogen (secondary N) is 2. The summed E-state index contributed by atoms with van der Waals surface area (Å²) in [5, 5.41) is 8.99. The van der Waals surface area contributed by atoms with E-state index in [2.05, 4.69) is 38.0 Å². The zero-order valence-electron chi connectivity index (χ0n) is 18.0. The van der Waals surface area contributed by atoms with Crippen molar-refractivity contribution in [1.82, 2.24) is 10.2 Å². The van der Waals surface area contributed by atoms with Crippen LogP contribution in [0.2, 0.25) is 0 Å². The maximum Gasteiger partial charge on any atom is 0.195 e. The van der Waals surface area contributed by atoms with Crippen molar-refractivity contribution >= 4 is 47.0 Å². The number of nitrogens with zero attached hydrogens (tertiary/aromatic N) is 2. The number of hydrogen-bond donors (Lipinski definition) is 2. The van der Waals surface area contributed by atoms with E-state index >= 15 is 0 Å². The topological polar surface area (TPSA) is 58.1 Å². The number of rotatable bonds is 8. The van der Waals surface area contributed by atoms with Crippen molar-refractivity contribution in [2.75, 3.05) is 45.7 Å². The van der Waals surface area contributed by atoms with Crippen LogP contribution in [0.5, 0.6) is 11.5 Å². The van der Waals surface area contributed by atoms with Crippen LogP contribution in [0.4, 0.5) is 5.69 Å². The summed E-state index contributed by atoms with van der Waals surface area (Å²) in [7, 11) is 3.45. The Bertz CT molecular complexity index is 777. The van der Waals surface area contributed by atoms with Gasteiger partial charge in [0, 0.05) is 36.8 Å². The number of ether oxygens (including phenoxy) is 2. The van der Waals surface area contributed by atoms with Crippen LogP contribution in [0.1, 0.15) is 24.6 Å². The van der Waals surface area contributed by atoms with Gasteiger partial charge in [-0.25, -0.2) is 0 Å². The molecule has 0 unspecified atom stereocenters. The Labute approximate surface area is 201 Å². The summed E-state index contributed by atoms with van der Waals surface area (Å²) in [6, 6.07) is 10.2. The van der Waals surface area contributed by atoms with Gasteiger partial charge in [-0.3, -0.25) is 9.89 Å². The molecule has 0 saturated carbocycles. The molecule has 2 aromatic rings. The van der Waals surface area contributed by atoms with Gasteiger partial charge in [-0.1, -0.05) is 6.07 Å². The zero-order chi connectivity index (χ0) is 20.5. The quantitative estimate of drug-likeness (QED) is 0.288. The van der Waals surface area contributed by atoms with Gasteiger partial charge in [0.1, 0.15) is 0 Å². The predicted molar refractivity (Wildman–Crippen MR) is 137 cm³/mol. The Balaban J connectivity index is 0.00000320. The number of piperidine rings is 1. The second kappa shape index (κ2) is 13.0. The number of benzene rings is 1. The van der Waals surface area contributed by atoms with Gasteiger partial charge in [0.15, 0.2) is 17.5 Å². The fourth-order valence-electron chi connectivity index (χ4n) is 3.55. The van der Waals surface area contributed by atoms with Crippen molar-refractivity contribution in [2.24, 2.45) is 10.9 Å². The minimum Gasteiger partial charge on any atom is -0.493 e. The van der Waals surface area contributed by atoms with E-state index in [1.807, 2.05) is 36.5 Å². The molecule has 1 aromatic heterocycles. The number of likely N-dealkylation sites (tertiary alicyclic amines) is 1. The van der Waals surface area contributed by atoms with E-state index in [0.29, 0.717) is 12.5 Å². The van der Waals surface area contributed by atoms with Crippen LogP contribution >= 0.6 is 35.3 Å². The van der Waals surface area contributed by atoms with E-state index < -0.39 is 0 Å². The van der Waals surface area contributed by atoms with Crippen LogP contribution in [0.3, 0.4) is 0 Å². The molecule has 1 aliphatic rings. The molecule has 1 aromatic carbocycles. The highest BCUT2D eigenvalue weighted by molar-refractivity contribution is 14.0. The lowest BCUT2D eigenvalue weighted by atomic mass is 9.97. The monoisotopic (exact) mass is 544 g/mol. The van der Waals surface area contributed by atoms with Crippen LogP contribution in [-0.4, -0.2) is 51.3 Å². The maximum atomic E-state index is 5.66. The van der Waals surface area contributed by atoms with Gasteiger partial charge in [-0.15, -0.1) is 35.3 Å². The third kappa shape index (κ3) is 7.31. The highest BCUT2D eigenvalue weighted by atomic mass is 127. The van der Waals surface area contributed by atoms with Crippen molar-refractivity contribution in [3.8, 4) is 11.5 Å². The molecule has 2 heterocycles. The first kappa shape index (κ1) is 24.7. The molecule has 2 N–H and O–H groups in total. The Hall–Kier alpha value is -1.52. The van der Waals surface area contributed by atoms with E-state index in [-0.39, 0.29) is 24.0 Å². The molecule has 6 nitrogen and oxygen atoms in total. The van der Waals surface area contributed by atoms with Gasteiger partial charge >= 0.3 is 0 Å². The lowest BCUT2D eigenvalue weighted by Gasteiger charge is -2.32. The van der Waals surface area contributed by atoms with E-state index in [4.69, 9.17) is 9.47 Å². The molecule has 0 radical (unpaired) electrons. The highest BCUT2D eigenvalue weighted by Crippen LogP contribution is 2.30. The first-order valence-corrected chi connectivity index (χ1v) is 11.1. The molecule has 3 rings (SSSR count). The van der Waals surface area contributed by atoms with Crippen molar-refractivity contribution < 1.29 is 9.47 Å². The molecule has 0 amide bonds. The van der Waals surface area contributed by atoms with Crippen LogP contribution in [0.25, 0.3) is 0 Å². The first-order valence-electron chi connectivity index (χ1n) is 10.2. The van der Waals surface area contributed by atoms with Gasteiger partial charge in [-0.2, -0.15) is 0 Å². The van der Waals surface area contributed by atoms with Gasteiger partial charge in [0.05, 0.1) is 13.7 Å². The van der Waals surface area contributed by atoms with E-state index in [9.17, 15) is 0 Å². The highest BCUT2D eigenvalue weighted by Gasteiger charge is 2.19. The lowest BCUT2D eigenvalue weighted by Crippen LogP contribution is -2.40.